The number of aryl methyl sites for hydroxylation is 1. The zero-order valence-corrected chi connectivity index (χ0v) is 13.5. The Hall–Kier alpha value is -2.82. The van der Waals surface area contributed by atoms with Crippen molar-refractivity contribution in [2.75, 3.05) is 13.7 Å². The number of carbonyl (C=O) groups is 1. The first-order valence-electron chi connectivity index (χ1n) is 7.35. The minimum atomic E-state index is -0.262. The van der Waals surface area contributed by atoms with Gasteiger partial charge in [0.05, 0.1) is 19.9 Å². The number of carbonyl (C=O) groups excluding carboxylic acids is 1. The number of rotatable bonds is 6. The summed E-state index contributed by atoms with van der Waals surface area (Å²) >= 11 is 0. The molecule has 0 saturated carbocycles. The van der Waals surface area contributed by atoms with Gasteiger partial charge in [-0.1, -0.05) is 17.7 Å². The quantitative estimate of drug-likeness (QED) is 0.658. The summed E-state index contributed by atoms with van der Waals surface area (Å²) in [6.07, 6.45) is 1.54. The van der Waals surface area contributed by atoms with Crippen LogP contribution >= 0.6 is 0 Å². The molecule has 0 radical (unpaired) electrons. The maximum atomic E-state index is 12.0. The Kier molecular flexibility index (Phi) is 5.74. The minimum absolute atomic E-state index is 0.262. The molecule has 0 saturated heterocycles. The van der Waals surface area contributed by atoms with E-state index in [0.717, 1.165) is 11.1 Å². The van der Waals surface area contributed by atoms with Crippen molar-refractivity contribution in [1.29, 1.82) is 0 Å². The third-order valence-electron chi connectivity index (χ3n) is 3.20. The number of methoxy groups -OCH3 is 1. The van der Waals surface area contributed by atoms with Crippen molar-refractivity contribution in [3.63, 3.8) is 0 Å². The molecule has 1 amide bonds. The molecule has 120 valence electrons. The zero-order chi connectivity index (χ0) is 16.7. The highest BCUT2D eigenvalue weighted by atomic mass is 16.5. The standard InChI is InChI=1S/C18H20N2O3/c1-4-23-17-10-9-16(22-3)11-15(17)12-19-20-18(21)14-7-5-13(2)6-8-14/h5-12H,4H2,1-3H3,(H,20,21)/b19-12-. The van der Waals surface area contributed by atoms with E-state index < -0.39 is 0 Å². The van der Waals surface area contributed by atoms with E-state index in [1.54, 1.807) is 31.5 Å². The van der Waals surface area contributed by atoms with Crippen LogP contribution < -0.4 is 14.9 Å². The van der Waals surface area contributed by atoms with E-state index in [-0.39, 0.29) is 5.91 Å². The Balaban J connectivity index is 2.10. The number of hydrogen-bond donors (Lipinski definition) is 1. The molecule has 0 aliphatic heterocycles. The molecule has 0 heterocycles. The van der Waals surface area contributed by atoms with E-state index >= 15 is 0 Å². The second kappa shape index (κ2) is 7.98. The molecule has 5 nitrogen and oxygen atoms in total. The van der Waals surface area contributed by atoms with Crippen LogP contribution in [0.2, 0.25) is 0 Å². The van der Waals surface area contributed by atoms with Crippen LogP contribution in [0.25, 0.3) is 0 Å². The maximum absolute atomic E-state index is 12.0. The summed E-state index contributed by atoms with van der Waals surface area (Å²) in [5, 5.41) is 4.00. The van der Waals surface area contributed by atoms with Crippen LogP contribution in [-0.4, -0.2) is 25.8 Å². The molecule has 2 rings (SSSR count). The van der Waals surface area contributed by atoms with E-state index in [9.17, 15) is 4.79 Å². The van der Waals surface area contributed by atoms with Crippen molar-refractivity contribution in [3.05, 3.63) is 59.2 Å². The van der Waals surface area contributed by atoms with Gasteiger partial charge in [-0.15, -0.1) is 0 Å². The van der Waals surface area contributed by atoms with Gasteiger partial charge in [-0.25, -0.2) is 5.43 Å². The lowest BCUT2D eigenvalue weighted by Gasteiger charge is -2.08. The summed E-state index contributed by atoms with van der Waals surface area (Å²) in [6, 6.07) is 12.7. The van der Waals surface area contributed by atoms with Crippen molar-refractivity contribution in [2.45, 2.75) is 13.8 Å². The molecule has 0 spiro atoms. The van der Waals surface area contributed by atoms with Crippen LogP contribution in [0.5, 0.6) is 11.5 Å². The summed E-state index contributed by atoms with van der Waals surface area (Å²) in [4.78, 5) is 12.0. The number of ether oxygens (including phenoxy) is 2. The van der Waals surface area contributed by atoms with Gasteiger partial charge in [-0.05, 0) is 44.2 Å². The fraction of sp³-hybridized carbons (Fsp3) is 0.222. The van der Waals surface area contributed by atoms with Crippen molar-refractivity contribution < 1.29 is 14.3 Å². The van der Waals surface area contributed by atoms with Gasteiger partial charge in [0.1, 0.15) is 11.5 Å². The lowest BCUT2D eigenvalue weighted by atomic mass is 10.1. The summed E-state index contributed by atoms with van der Waals surface area (Å²) < 4.78 is 10.7. The van der Waals surface area contributed by atoms with Crippen LogP contribution in [0, 0.1) is 6.92 Å². The highest BCUT2D eigenvalue weighted by Crippen LogP contribution is 2.22. The van der Waals surface area contributed by atoms with Gasteiger partial charge in [0, 0.05) is 11.1 Å². The highest BCUT2D eigenvalue weighted by molar-refractivity contribution is 5.95. The van der Waals surface area contributed by atoms with Crippen molar-refractivity contribution >= 4 is 12.1 Å². The predicted molar refractivity (Wildman–Crippen MR) is 90.4 cm³/mol. The molecule has 23 heavy (non-hydrogen) atoms. The number of nitrogens with one attached hydrogen (secondary N) is 1. The molecule has 0 fully saturated rings. The van der Waals surface area contributed by atoms with E-state index in [4.69, 9.17) is 9.47 Å². The summed E-state index contributed by atoms with van der Waals surface area (Å²) in [6.45, 7) is 4.42. The van der Waals surface area contributed by atoms with Crippen LogP contribution in [0.15, 0.2) is 47.6 Å². The molecule has 0 aliphatic rings. The molecule has 0 atom stereocenters. The van der Waals surface area contributed by atoms with Crippen molar-refractivity contribution in [2.24, 2.45) is 5.10 Å². The third-order valence-corrected chi connectivity index (χ3v) is 3.20. The van der Waals surface area contributed by atoms with Crippen LogP contribution in [0.1, 0.15) is 28.4 Å². The molecule has 2 aromatic carbocycles. The van der Waals surface area contributed by atoms with Gasteiger partial charge in [0.25, 0.3) is 5.91 Å². The normalized spacial score (nSPS) is 10.6. The topological polar surface area (TPSA) is 59.9 Å². The zero-order valence-electron chi connectivity index (χ0n) is 13.5. The first kappa shape index (κ1) is 16.5. The number of amides is 1. The number of nitrogens with zero attached hydrogens (tertiary/aromatic N) is 1. The summed E-state index contributed by atoms with van der Waals surface area (Å²) in [7, 11) is 1.59. The molecule has 0 aliphatic carbocycles. The van der Waals surface area contributed by atoms with E-state index in [0.29, 0.717) is 23.7 Å². The first-order valence-corrected chi connectivity index (χ1v) is 7.35. The number of benzene rings is 2. The Labute approximate surface area is 135 Å². The van der Waals surface area contributed by atoms with Crippen LogP contribution in [0.4, 0.5) is 0 Å². The Bertz CT molecular complexity index is 694. The molecule has 5 heteroatoms. The van der Waals surface area contributed by atoms with Crippen LogP contribution in [-0.2, 0) is 0 Å². The fourth-order valence-electron chi connectivity index (χ4n) is 1.97. The summed E-state index contributed by atoms with van der Waals surface area (Å²) in [5.41, 5.74) is 4.90. The lowest BCUT2D eigenvalue weighted by molar-refractivity contribution is 0.0955. The van der Waals surface area contributed by atoms with Gasteiger partial charge in [-0.3, -0.25) is 4.79 Å². The average Bonchev–Trinajstić information content (AvgIpc) is 2.57. The second-order valence-electron chi connectivity index (χ2n) is 4.90. The monoisotopic (exact) mass is 312 g/mol. The molecule has 2 aromatic rings. The third kappa shape index (κ3) is 4.57. The fourth-order valence-corrected chi connectivity index (χ4v) is 1.97. The predicted octanol–water partition coefficient (Wildman–Crippen LogP) is 3.17. The average molecular weight is 312 g/mol. The smallest absolute Gasteiger partial charge is 0.271 e. The van der Waals surface area contributed by atoms with E-state index in [1.807, 2.05) is 38.1 Å². The van der Waals surface area contributed by atoms with E-state index in [1.165, 1.54) is 0 Å². The van der Waals surface area contributed by atoms with Crippen molar-refractivity contribution in [1.82, 2.24) is 5.43 Å². The molecular weight excluding hydrogens is 292 g/mol. The SMILES string of the molecule is CCOc1ccc(OC)cc1/C=N\NC(=O)c1ccc(C)cc1. The molecular formula is C18H20N2O3. The molecule has 1 N–H and O–H groups in total. The van der Waals surface area contributed by atoms with Gasteiger partial charge in [0.15, 0.2) is 0 Å². The van der Waals surface area contributed by atoms with Crippen LogP contribution in [0.3, 0.4) is 0 Å². The van der Waals surface area contributed by atoms with Gasteiger partial charge >= 0.3 is 0 Å². The van der Waals surface area contributed by atoms with Gasteiger partial charge < -0.3 is 9.47 Å². The minimum Gasteiger partial charge on any atom is -0.497 e. The number of hydrazone groups is 1. The maximum Gasteiger partial charge on any atom is 0.271 e. The largest absolute Gasteiger partial charge is 0.497 e. The molecule has 0 bridgehead atoms. The Morgan fingerprint density at radius 1 is 1.22 bits per heavy atom. The second-order valence-corrected chi connectivity index (χ2v) is 4.90. The van der Waals surface area contributed by atoms with E-state index in [2.05, 4.69) is 10.5 Å². The Morgan fingerprint density at radius 3 is 2.61 bits per heavy atom. The highest BCUT2D eigenvalue weighted by Gasteiger charge is 2.05. The number of hydrogen-bond acceptors (Lipinski definition) is 4. The molecule has 0 aromatic heterocycles. The lowest BCUT2D eigenvalue weighted by Crippen LogP contribution is -2.17. The first-order chi connectivity index (χ1) is 11.1. The van der Waals surface area contributed by atoms with Crippen molar-refractivity contribution in [3.8, 4) is 11.5 Å². The van der Waals surface area contributed by atoms with Gasteiger partial charge in [-0.2, -0.15) is 5.10 Å². The van der Waals surface area contributed by atoms with Gasteiger partial charge in [0.2, 0.25) is 0 Å². The molecule has 0 unspecified atom stereocenters. The Morgan fingerprint density at radius 2 is 1.96 bits per heavy atom. The summed E-state index contributed by atoms with van der Waals surface area (Å²) in [5.74, 6) is 1.11.